The van der Waals surface area contributed by atoms with Crippen LogP contribution in [0.5, 0.6) is 0 Å². The smallest absolute Gasteiger partial charge is 0.309 e. The van der Waals surface area contributed by atoms with Crippen LogP contribution in [0.4, 0.5) is 8.78 Å². The molecule has 4 nitrogen and oxygen atoms in total. The average Bonchev–Trinajstić information content (AvgIpc) is 2.02. The number of hydrogen-bond donors (Lipinski definition) is 1. The second kappa shape index (κ2) is 5.51. The van der Waals surface area contributed by atoms with Gasteiger partial charge >= 0.3 is 5.97 Å². The van der Waals surface area contributed by atoms with Gasteiger partial charge in [0.25, 0.3) is 6.47 Å². The van der Waals surface area contributed by atoms with Gasteiger partial charge in [0.15, 0.2) is 0 Å². The van der Waals surface area contributed by atoms with E-state index in [4.69, 9.17) is 9.90 Å². The van der Waals surface area contributed by atoms with E-state index in [0.29, 0.717) is 0 Å². The third-order valence-electron chi connectivity index (χ3n) is 1.71. The van der Waals surface area contributed by atoms with Gasteiger partial charge in [-0.05, 0) is 6.92 Å². The van der Waals surface area contributed by atoms with Crippen molar-refractivity contribution >= 4 is 12.4 Å². The lowest BCUT2D eigenvalue weighted by Gasteiger charge is -2.32. The maximum atomic E-state index is 12.2. The number of carbonyl (C=O) groups excluding carboxylic acids is 1. The predicted molar refractivity (Wildman–Crippen MR) is 43.0 cm³/mol. The number of ether oxygens (including phenoxy) is 1. The van der Waals surface area contributed by atoms with Crippen molar-refractivity contribution in [2.24, 2.45) is 5.92 Å². The normalized spacial score (nSPS) is 18.5. The molecule has 82 valence electrons. The molecule has 0 aliphatic heterocycles. The first-order valence-electron chi connectivity index (χ1n) is 4.09. The van der Waals surface area contributed by atoms with Gasteiger partial charge in [-0.1, -0.05) is 0 Å². The number of carboxylic acid groups (broad SMARTS) is 1. The largest absolute Gasteiger partial charge is 0.483 e. The molecule has 1 aliphatic rings. The molecular weight excluding hydrogens is 198 g/mol. The van der Waals surface area contributed by atoms with E-state index in [1.54, 1.807) is 6.92 Å². The molecule has 1 N–H and O–H groups in total. The quantitative estimate of drug-likeness (QED) is 0.551. The summed E-state index contributed by atoms with van der Waals surface area (Å²) in [5.41, 5.74) is 0. The molecule has 6 heteroatoms. The second-order valence-electron chi connectivity index (χ2n) is 2.82. The average molecular weight is 210 g/mol. The Labute approximate surface area is 79.9 Å². The number of carbonyl (C=O) groups is 2. The molecule has 0 aromatic rings. The number of esters is 1. The lowest BCUT2D eigenvalue weighted by Crippen LogP contribution is -2.40. The van der Waals surface area contributed by atoms with E-state index < -0.39 is 17.8 Å². The fraction of sp³-hybridized carbons (Fsp3) is 0.750. The SMILES string of the molecule is CCOC(=O)C1CC(F)(F)C1.O=CO. The van der Waals surface area contributed by atoms with Crippen LogP contribution in [0.15, 0.2) is 0 Å². The number of rotatable bonds is 2. The van der Waals surface area contributed by atoms with Crippen LogP contribution in [0.1, 0.15) is 19.8 Å². The molecule has 1 rings (SSSR count). The summed E-state index contributed by atoms with van der Waals surface area (Å²) in [4.78, 5) is 19.1. The lowest BCUT2D eigenvalue weighted by atomic mass is 9.81. The maximum absolute atomic E-state index is 12.2. The molecule has 1 saturated carbocycles. The summed E-state index contributed by atoms with van der Waals surface area (Å²) in [7, 11) is 0. The van der Waals surface area contributed by atoms with Crippen LogP contribution in [0, 0.1) is 5.92 Å². The van der Waals surface area contributed by atoms with Crippen LogP contribution in [-0.4, -0.2) is 30.1 Å². The van der Waals surface area contributed by atoms with Crippen molar-refractivity contribution in [1.29, 1.82) is 0 Å². The van der Waals surface area contributed by atoms with Crippen molar-refractivity contribution in [3.63, 3.8) is 0 Å². The number of halogens is 2. The Bertz CT molecular complexity index is 198. The molecule has 0 bridgehead atoms. The molecule has 14 heavy (non-hydrogen) atoms. The van der Waals surface area contributed by atoms with E-state index in [-0.39, 0.29) is 25.9 Å². The van der Waals surface area contributed by atoms with Gasteiger partial charge in [-0.3, -0.25) is 9.59 Å². The predicted octanol–water partition coefficient (Wildman–Crippen LogP) is 1.30. The van der Waals surface area contributed by atoms with Crippen LogP contribution in [0.25, 0.3) is 0 Å². The summed E-state index contributed by atoms with van der Waals surface area (Å²) in [5.74, 6) is -3.68. The fourth-order valence-electron chi connectivity index (χ4n) is 1.09. The highest BCUT2D eigenvalue weighted by Crippen LogP contribution is 2.42. The van der Waals surface area contributed by atoms with Crippen LogP contribution < -0.4 is 0 Å². The van der Waals surface area contributed by atoms with Crippen molar-refractivity contribution in [3.8, 4) is 0 Å². The minimum absolute atomic E-state index is 0.250. The molecule has 0 radical (unpaired) electrons. The van der Waals surface area contributed by atoms with Gasteiger partial charge in [0.2, 0.25) is 5.92 Å². The lowest BCUT2D eigenvalue weighted by molar-refractivity contribution is -0.171. The number of alkyl halides is 2. The van der Waals surface area contributed by atoms with E-state index in [2.05, 4.69) is 4.74 Å². The van der Waals surface area contributed by atoms with E-state index >= 15 is 0 Å². The van der Waals surface area contributed by atoms with Gasteiger partial charge in [-0.2, -0.15) is 0 Å². The molecule has 0 aromatic carbocycles. The Kier molecular flexibility index (Phi) is 5.04. The van der Waals surface area contributed by atoms with Gasteiger partial charge in [0.1, 0.15) is 0 Å². The standard InChI is InChI=1S/C7H10F2O2.CH2O2/c1-2-11-6(10)5-3-7(8,9)4-5;2-1-3/h5H,2-4H2,1H3;1H,(H,2,3). The van der Waals surface area contributed by atoms with Gasteiger partial charge in [-0.25, -0.2) is 8.78 Å². The van der Waals surface area contributed by atoms with E-state index in [1.165, 1.54) is 0 Å². The molecule has 0 heterocycles. The molecule has 0 amide bonds. The Morgan fingerprint density at radius 2 is 2.07 bits per heavy atom. The molecule has 0 spiro atoms. The zero-order chi connectivity index (χ0) is 11.2. The molecule has 0 atom stereocenters. The summed E-state index contributed by atoms with van der Waals surface area (Å²) in [6, 6.07) is 0. The molecular formula is C8H12F2O4. The zero-order valence-electron chi connectivity index (χ0n) is 7.70. The van der Waals surface area contributed by atoms with Crippen LogP contribution in [0.2, 0.25) is 0 Å². The minimum atomic E-state index is -2.63. The highest BCUT2D eigenvalue weighted by Gasteiger charge is 2.49. The van der Waals surface area contributed by atoms with Crippen LogP contribution >= 0.6 is 0 Å². The van der Waals surface area contributed by atoms with Crippen molar-refractivity contribution in [2.45, 2.75) is 25.7 Å². The van der Waals surface area contributed by atoms with Crippen molar-refractivity contribution in [2.75, 3.05) is 6.61 Å². The second-order valence-corrected chi connectivity index (χ2v) is 2.82. The van der Waals surface area contributed by atoms with Crippen LogP contribution in [0.3, 0.4) is 0 Å². The monoisotopic (exact) mass is 210 g/mol. The van der Waals surface area contributed by atoms with Gasteiger partial charge in [-0.15, -0.1) is 0 Å². The zero-order valence-corrected chi connectivity index (χ0v) is 7.70. The summed E-state index contributed by atoms with van der Waals surface area (Å²) < 4.78 is 28.9. The molecule has 0 aromatic heterocycles. The van der Waals surface area contributed by atoms with Crippen molar-refractivity contribution < 1.29 is 28.2 Å². The number of hydrogen-bond acceptors (Lipinski definition) is 3. The Morgan fingerprint density at radius 3 is 2.36 bits per heavy atom. The van der Waals surface area contributed by atoms with E-state index in [1.807, 2.05) is 0 Å². The topological polar surface area (TPSA) is 63.6 Å². The Hall–Kier alpha value is -1.20. The summed E-state index contributed by atoms with van der Waals surface area (Å²) in [6.07, 6.45) is -0.683. The Morgan fingerprint density at radius 1 is 1.64 bits per heavy atom. The highest BCUT2D eigenvalue weighted by molar-refractivity contribution is 5.73. The molecule has 0 unspecified atom stereocenters. The first kappa shape index (κ1) is 12.8. The summed E-state index contributed by atoms with van der Waals surface area (Å²) >= 11 is 0. The third kappa shape index (κ3) is 4.15. The van der Waals surface area contributed by atoms with Gasteiger partial charge in [0, 0.05) is 12.8 Å². The fourth-order valence-corrected chi connectivity index (χ4v) is 1.09. The first-order valence-corrected chi connectivity index (χ1v) is 4.09. The maximum Gasteiger partial charge on any atom is 0.309 e. The third-order valence-corrected chi connectivity index (χ3v) is 1.71. The van der Waals surface area contributed by atoms with Gasteiger partial charge < -0.3 is 9.84 Å². The van der Waals surface area contributed by atoms with E-state index in [0.717, 1.165) is 0 Å². The first-order chi connectivity index (χ1) is 6.46. The van der Waals surface area contributed by atoms with Crippen LogP contribution in [-0.2, 0) is 14.3 Å². The molecule has 1 fully saturated rings. The van der Waals surface area contributed by atoms with Crippen molar-refractivity contribution in [3.05, 3.63) is 0 Å². The Balaban J connectivity index is 0.000000500. The summed E-state index contributed by atoms with van der Waals surface area (Å²) in [6.45, 7) is 1.68. The highest BCUT2D eigenvalue weighted by atomic mass is 19.3. The molecule has 0 saturated heterocycles. The summed E-state index contributed by atoms with van der Waals surface area (Å²) in [5, 5.41) is 6.89. The minimum Gasteiger partial charge on any atom is -0.483 e. The van der Waals surface area contributed by atoms with E-state index in [9.17, 15) is 13.6 Å². The van der Waals surface area contributed by atoms with Gasteiger partial charge in [0.05, 0.1) is 12.5 Å². The van der Waals surface area contributed by atoms with Crippen molar-refractivity contribution in [1.82, 2.24) is 0 Å². The molecule has 1 aliphatic carbocycles.